The Morgan fingerprint density at radius 1 is 1.07 bits per heavy atom. The molecule has 0 radical (unpaired) electrons. The number of carbonyl (C=O) groups excluding carboxylic acids is 1. The van der Waals surface area contributed by atoms with Gasteiger partial charge in [0.25, 0.3) is 0 Å². The van der Waals surface area contributed by atoms with Crippen LogP contribution in [-0.4, -0.2) is 74.7 Å². The predicted octanol–water partition coefficient (Wildman–Crippen LogP) is 2.79. The van der Waals surface area contributed by atoms with Gasteiger partial charge in [-0.2, -0.15) is 4.31 Å². The van der Waals surface area contributed by atoms with Crippen LogP contribution >= 0.6 is 11.6 Å². The molecule has 1 aromatic rings. The third kappa shape index (κ3) is 7.41. The summed E-state index contributed by atoms with van der Waals surface area (Å²) in [6.07, 6.45) is 0. The second-order valence-electron chi connectivity index (χ2n) is 6.98. The summed E-state index contributed by atoms with van der Waals surface area (Å²) in [6, 6.07) is 5.95. The number of carbonyl (C=O) groups is 1. The summed E-state index contributed by atoms with van der Waals surface area (Å²) in [5.74, 6) is 0.125. The molecule has 0 spiro atoms. The third-order valence-electron chi connectivity index (χ3n) is 4.40. The zero-order valence-corrected chi connectivity index (χ0v) is 18.6. The molecule has 0 aromatic heterocycles. The minimum Gasteiger partial charge on any atom is -0.340 e. The molecule has 154 valence electrons. The van der Waals surface area contributed by atoms with Crippen LogP contribution in [0, 0.1) is 5.92 Å². The molecule has 0 N–H and O–H groups in total. The lowest BCUT2D eigenvalue weighted by atomic mass is 10.2. The molecule has 0 atom stereocenters. The fraction of sp³-hybridized carbons (Fsp3) is 0.632. The van der Waals surface area contributed by atoms with E-state index < -0.39 is 10.0 Å². The van der Waals surface area contributed by atoms with Gasteiger partial charge in [0.15, 0.2) is 0 Å². The van der Waals surface area contributed by atoms with E-state index in [-0.39, 0.29) is 17.3 Å². The molecule has 0 bridgehead atoms. The number of hydrogen-bond donors (Lipinski definition) is 0. The summed E-state index contributed by atoms with van der Waals surface area (Å²) in [5, 5.41) is 0.465. The van der Waals surface area contributed by atoms with Crippen LogP contribution in [0.25, 0.3) is 0 Å². The largest absolute Gasteiger partial charge is 0.340 e. The zero-order valence-electron chi connectivity index (χ0n) is 17.0. The molecular formula is C19H32ClN3O3S. The Hall–Kier alpha value is -1.15. The minimum atomic E-state index is -3.74. The fourth-order valence-electron chi connectivity index (χ4n) is 2.72. The highest BCUT2D eigenvalue weighted by atomic mass is 35.5. The lowest BCUT2D eigenvalue weighted by Gasteiger charge is -2.29. The van der Waals surface area contributed by atoms with Crippen LogP contribution in [0.15, 0.2) is 29.2 Å². The number of sulfonamides is 1. The van der Waals surface area contributed by atoms with Crippen LogP contribution in [0.3, 0.4) is 0 Å². The average molecular weight is 418 g/mol. The van der Waals surface area contributed by atoms with Crippen molar-refractivity contribution < 1.29 is 13.2 Å². The van der Waals surface area contributed by atoms with E-state index in [1.165, 1.54) is 31.3 Å². The van der Waals surface area contributed by atoms with Gasteiger partial charge in [0.05, 0.1) is 11.4 Å². The predicted molar refractivity (Wildman–Crippen MR) is 110 cm³/mol. The van der Waals surface area contributed by atoms with Gasteiger partial charge >= 0.3 is 0 Å². The van der Waals surface area contributed by atoms with Gasteiger partial charge in [-0.3, -0.25) is 4.79 Å². The zero-order chi connectivity index (χ0) is 20.6. The smallest absolute Gasteiger partial charge is 0.243 e. The molecule has 0 saturated heterocycles. The van der Waals surface area contributed by atoms with Crippen LogP contribution in [-0.2, 0) is 14.8 Å². The third-order valence-corrected chi connectivity index (χ3v) is 6.47. The summed E-state index contributed by atoms with van der Waals surface area (Å²) < 4.78 is 26.5. The second kappa shape index (κ2) is 11.0. The molecule has 1 rings (SSSR count). The molecule has 6 nitrogen and oxygen atoms in total. The SMILES string of the molecule is CCN(CC)CCN(CC(C)C)C(=O)CN(C)S(=O)(=O)c1ccc(Cl)cc1. The average Bonchev–Trinajstić information content (AvgIpc) is 2.61. The highest BCUT2D eigenvalue weighted by Crippen LogP contribution is 2.17. The number of likely N-dealkylation sites (N-methyl/N-ethyl adjacent to an activating group) is 2. The van der Waals surface area contributed by atoms with Crippen molar-refractivity contribution in [2.45, 2.75) is 32.6 Å². The molecule has 1 aromatic carbocycles. The standard InChI is InChI=1S/C19H32ClN3O3S/c1-6-22(7-2)12-13-23(14-16(3)4)19(24)15-21(5)27(25,26)18-10-8-17(20)9-11-18/h8-11,16H,6-7,12-15H2,1-5H3. The summed E-state index contributed by atoms with van der Waals surface area (Å²) in [4.78, 5) is 16.9. The molecule has 0 fully saturated rings. The molecule has 0 saturated carbocycles. The summed E-state index contributed by atoms with van der Waals surface area (Å²) in [7, 11) is -2.31. The van der Waals surface area contributed by atoms with Crippen LogP contribution in [0.4, 0.5) is 0 Å². The minimum absolute atomic E-state index is 0.126. The Morgan fingerprint density at radius 3 is 2.11 bits per heavy atom. The van der Waals surface area contributed by atoms with E-state index in [1.54, 1.807) is 4.90 Å². The van der Waals surface area contributed by atoms with E-state index >= 15 is 0 Å². The van der Waals surface area contributed by atoms with Gasteiger partial charge in [0, 0.05) is 31.7 Å². The van der Waals surface area contributed by atoms with Gasteiger partial charge in [0.1, 0.15) is 0 Å². The van der Waals surface area contributed by atoms with Crippen LogP contribution < -0.4 is 0 Å². The number of nitrogens with zero attached hydrogens (tertiary/aromatic N) is 3. The van der Waals surface area contributed by atoms with E-state index in [1.807, 2.05) is 13.8 Å². The maximum absolute atomic E-state index is 12.8. The van der Waals surface area contributed by atoms with Crippen molar-refractivity contribution >= 4 is 27.5 Å². The number of rotatable bonds is 11. The lowest BCUT2D eigenvalue weighted by Crippen LogP contribution is -2.45. The van der Waals surface area contributed by atoms with E-state index in [0.717, 1.165) is 23.9 Å². The van der Waals surface area contributed by atoms with Crippen LogP contribution in [0.2, 0.25) is 5.02 Å². The van der Waals surface area contributed by atoms with Crippen molar-refractivity contribution in [3.63, 3.8) is 0 Å². The molecule has 0 aliphatic carbocycles. The van der Waals surface area contributed by atoms with Crippen molar-refractivity contribution in [2.75, 3.05) is 46.3 Å². The van der Waals surface area contributed by atoms with E-state index in [4.69, 9.17) is 11.6 Å². The van der Waals surface area contributed by atoms with Crippen molar-refractivity contribution in [1.82, 2.24) is 14.1 Å². The highest BCUT2D eigenvalue weighted by molar-refractivity contribution is 7.89. The first-order chi connectivity index (χ1) is 12.6. The van der Waals surface area contributed by atoms with Gasteiger partial charge in [0.2, 0.25) is 15.9 Å². The monoisotopic (exact) mass is 417 g/mol. The fourth-order valence-corrected chi connectivity index (χ4v) is 3.97. The number of amides is 1. The Morgan fingerprint density at radius 2 is 1.63 bits per heavy atom. The van der Waals surface area contributed by atoms with Gasteiger partial charge < -0.3 is 9.80 Å². The van der Waals surface area contributed by atoms with E-state index in [9.17, 15) is 13.2 Å². The second-order valence-corrected chi connectivity index (χ2v) is 9.46. The first-order valence-electron chi connectivity index (χ1n) is 9.33. The highest BCUT2D eigenvalue weighted by Gasteiger charge is 2.25. The molecule has 0 heterocycles. The van der Waals surface area contributed by atoms with Crippen molar-refractivity contribution in [3.05, 3.63) is 29.3 Å². The molecule has 0 aliphatic heterocycles. The molecule has 8 heteroatoms. The number of benzene rings is 1. The quantitative estimate of drug-likeness (QED) is 0.555. The van der Waals surface area contributed by atoms with Gasteiger partial charge in [-0.15, -0.1) is 0 Å². The van der Waals surface area contributed by atoms with E-state index in [0.29, 0.717) is 24.0 Å². The summed E-state index contributed by atoms with van der Waals surface area (Å²) >= 11 is 5.83. The lowest BCUT2D eigenvalue weighted by molar-refractivity contribution is -0.132. The normalized spacial score (nSPS) is 12.2. The van der Waals surface area contributed by atoms with Gasteiger partial charge in [-0.1, -0.05) is 39.3 Å². The van der Waals surface area contributed by atoms with Crippen LogP contribution in [0.1, 0.15) is 27.7 Å². The summed E-state index contributed by atoms with van der Waals surface area (Å²) in [6.45, 7) is 11.9. The molecule has 1 amide bonds. The maximum Gasteiger partial charge on any atom is 0.243 e. The first-order valence-corrected chi connectivity index (χ1v) is 11.2. The van der Waals surface area contributed by atoms with Crippen molar-refractivity contribution in [2.24, 2.45) is 5.92 Å². The maximum atomic E-state index is 12.8. The number of hydrogen-bond acceptors (Lipinski definition) is 4. The summed E-state index contributed by atoms with van der Waals surface area (Å²) in [5.41, 5.74) is 0. The molecule has 27 heavy (non-hydrogen) atoms. The van der Waals surface area contributed by atoms with Crippen LogP contribution in [0.5, 0.6) is 0 Å². The van der Waals surface area contributed by atoms with Gasteiger partial charge in [-0.25, -0.2) is 8.42 Å². The Bertz CT molecular complexity index is 689. The number of halogens is 1. The van der Waals surface area contributed by atoms with Crippen molar-refractivity contribution in [3.8, 4) is 0 Å². The molecular weight excluding hydrogens is 386 g/mol. The first kappa shape index (κ1) is 23.9. The van der Waals surface area contributed by atoms with Gasteiger partial charge in [-0.05, 0) is 43.3 Å². The topological polar surface area (TPSA) is 60.9 Å². The molecule has 0 aliphatic rings. The molecule has 0 unspecified atom stereocenters. The Balaban J connectivity index is 2.84. The Labute approximate surface area is 169 Å². The van der Waals surface area contributed by atoms with E-state index in [2.05, 4.69) is 18.7 Å². The Kier molecular flexibility index (Phi) is 9.73. The van der Waals surface area contributed by atoms with Crippen molar-refractivity contribution in [1.29, 1.82) is 0 Å².